The molecular weight excluding hydrogens is 425 g/mol. The summed E-state index contributed by atoms with van der Waals surface area (Å²) in [4.78, 5) is 38.5. The van der Waals surface area contributed by atoms with Gasteiger partial charge in [-0.25, -0.2) is 14.0 Å². The van der Waals surface area contributed by atoms with Crippen LogP contribution in [0, 0.1) is 5.82 Å². The number of ether oxygens (including phenoxy) is 2. The zero-order chi connectivity index (χ0) is 23.0. The quantitative estimate of drug-likeness (QED) is 0.594. The van der Waals surface area contributed by atoms with Gasteiger partial charge in [0.25, 0.3) is 5.91 Å². The van der Waals surface area contributed by atoms with Crippen molar-refractivity contribution in [2.75, 3.05) is 38.3 Å². The van der Waals surface area contributed by atoms with Gasteiger partial charge in [0.1, 0.15) is 11.9 Å². The SMILES string of the molecule is COC(=O)NC[C@@H]1OC(=O)N2c3cc(F)c(C4=CCN(C(=O)C(O)CO)CC4)cc3C[C@@H]12. The molecule has 3 atom stereocenters. The van der Waals surface area contributed by atoms with Gasteiger partial charge < -0.3 is 29.9 Å². The summed E-state index contributed by atoms with van der Waals surface area (Å²) in [5.74, 6) is -1.06. The number of carbonyl (C=O) groups is 3. The highest BCUT2D eigenvalue weighted by molar-refractivity contribution is 5.94. The highest BCUT2D eigenvalue weighted by Gasteiger charge is 2.48. The number of hydrogen-bond acceptors (Lipinski definition) is 7. The lowest BCUT2D eigenvalue weighted by molar-refractivity contribution is -0.141. The molecule has 11 heteroatoms. The number of hydrogen-bond donors (Lipinski definition) is 3. The number of carbonyl (C=O) groups excluding carboxylic acids is 3. The molecule has 1 aromatic carbocycles. The minimum absolute atomic E-state index is 0.0810. The second-order valence-electron chi connectivity index (χ2n) is 7.86. The molecule has 0 aromatic heterocycles. The normalized spacial score (nSPS) is 22.6. The van der Waals surface area contributed by atoms with Crippen LogP contribution in [0.2, 0.25) is 0 Å². The summed E-state index contributed by atoms with van der Waals surface area (Å²) in [6.45, 7) is -0.0795. The first-order chi connectivity index (χ1) is 15.3. The third kappa shape index (κ3) is 3.89. The van der Waals surface area contributed by atoms with Crippen LogP contribution in [0.4, 0.5) is 19.7 Å². The van der Waals surface area contributed by atoms with E-state index in [4.69, 9.17) is 9.84 Å². The van der Waals surface area contributed by atoms with Crippen LogP contribution in [0.1, 0.15) is 17.5 Å². The standard InChI is InChI=1S/C21H24FN3O7/c1-31-20(29)23-9-18-16-7-12-6-13(14(22)8-15(12)25(16)21(30)32-18)11-2-4-24(5-3-11)19(28)17(27)10-26/h2,6,8,16-18,26-27H,3-5,7,9-10H2,1H3,(H,23,29)/t16-,17?,18-/m0/s1. The van der Waals surface area contributed by atoms with E-state index in [1.54, 1.807) is 12.1 Å². The maximum atomic E-state index is 15.0. The molecule has 1 fully saturated rings. The van der Waals surface area contributed by atoms with Crippen molar-refractivity contribution in [2.24, 2.45) is 0 Å². The molecule has 3 aliphatic rings. The van der Waals surface area contributed by atoms with Crippen molar-refractivity contribution in [3.63, 3.8) is 0 Å². The fourth-order valence-corrected chi connectivity index (χ4v) is 4.37. The molecule has 0 aliphatic carbocycles. The number of amides is 3. The van der Waals surface area contributed by atoms with Gasteiger partial charge in [0.05, 0.1) is 32.0 Å². The first kappa shape index (κ1) is 22.0. The number of benzene rings is 1. The maximum Gasteiger partial charge on any atom is 0.415 e. The first-order valence-electron chi connectivity index (χ1n) is 10.2. The number of anilines is 1. The number of halogens is 1. The fourth-order valence-electron chi connectivity index (χ4n) is 4.37. The number of methoxy groups -OCH3 is 1. The van der Waals surface area contributed by atoms with Crippen molar-refractivity contribution in [3.8, 4) is 0 Å². The summed E-state index contributed by atoms with van der Waals surface area (Å²) >= 11 is 0. The molecular formula is C21H24FN3O7. The summed E-state index contributed by atoms with van der Waals surface area (Å²) in [6.07, 6.45) is -0.715. The summed E-state index contributed by atoms with van der Waals surface area (Å²) in [7, 11) is 1.24. The summed E-state index contributed by atoms with van der Waals surface area (Å²) in [5, 5.41) is 21.0. The number of aliphatic hydroxyl groups is 2. The Morgan fingerprint density at radius 3 is 2.84 bits per heavy atom. The number of rotatable bonds is 5. The van der Waals surface area contributed by atoms with Crippen molar-refractivity contribution in [3.05, 3.63) is 35.2 Å². The number of nitrogens with one attached hydrogen (secondary N) is 1. The van der Waals surface area contributed by atoms with E-state index < -0.39 is 42.7 Å². The van der Waals surface area contributed by atoms with Gasteiger partial charge in [-0.2, -0.15) is 0 Å². The number of alkyl carbamates (subject to hydrolysis) is 1. The van der Waals surface area contributed by atoms with Gasteiger partial charge in [-0.1, -0.05) is 6.08 Å². The monoisotopic (exact) mass is 449 g/mol. The minimum atomic E-state index is -1.46. The molecule has 0 spiro atoms. The molecule has 1 saturated heterocycles. The van der Waals surface area contributed by atoms with Crippen LogP contribution < -0.4 is 10.2 Å². The van der Waals surface area contributed by atoms with E-state index in [9.17, 15) is 19.5 Å². The van der Waals surface area contributed by atoms with E-state index in [0.29, 0.717) is 30.6 Å². The topological polar surface area (TPSA) is 129 Å². The van der Waals surface area contributed by atoms with E-state index in [-0.39, 0.29) is 19.1 Å². The van der Waals surface area contributed by atoms with Gasteiger partial charge in [0.2, 0.25) is 0 Å². The van der Waals surface area contributed by atoms with Gasteiger partial charge in [-0.05, 0) is 36.1 Å². The third-order valence-corrected chi connectivity index (χ3v) is 6.02. The molecule has 0 saturated carbocycles. The summed E-state index contributed by atoms with van der Waals surface area (Å²) in [5.41, 5.74) is 2.37. The Balaban J connectivity index is 1.51. The smallest absolute Gasteiger partial charge is 0.415 e. The summed E-state index contributed by atoms with van der Waals surface area (Å²) in [6, 6.07) is 2.67. The first-order valence-corrected chi connectivity index (χ1v) is 10.2. The number of cyclic esters (lactones) is 1. The Morgan fingerprint density at radius 1 is 1.41 bits per heavy atom. The van der Waals surface area contributed by atoms with Gasteiger partial charge >= 0.3 is 12.2 Å². The van der Waals surface area contributed by atoms with E-state index in [2.05, 4.69) is 10.1 Å². The second kappa shape index (κ2) is 8.75. The Bertz CT molecular complexity index is 982. The molecule has 172 valence electrons. The summed E-state index contributed by atoms with van der Waals surface area (Å²) < 4.78 is 24.9. The zero-order valence-corrected chi connectivity index (χ0v) is 17.4. The van der Waals surface area contributed by atoms with Gasteiger partial charge in [0, 0.05) is 18.7 Å². The van der Waals surface area contributed by atoms with Gasteiger partial charge in [-0.3, -0.25) is 9.69 Å². The molecule has 3 N–H and O–H groups in total. The van der Waals surface area contributed by atoms with Crippen LogP contribution in [0.15, 0.2) is 18.2 Å². The molecule has 10 nitrogen and oxygen atoms in total. The third-order valence-electron chi connectivity index (χ3n) is 6.02. The predicted molar refractivity (Wildman–Crippen MR) is 109 cm³/mol. The maximum absolute atomic E-state index is 15.0. The van der Waals surface area contributed by atoms with Crippen molar-refractivity contribution < 1.29 is 38.5 Å². The van der Waals surface area contributed by atoms with Crippen molar-refractivity contribution in [2.45, 2.75) is 31.1 Å². The van der Waals surface area contributed by atoms with E-state index in [1.165, 1.54) is 23.0 Å². The molecule has 3 aliphatic heterocycles. The minimum Gasteiger partial charge on any atom is -0.453 e. The van der Waals surface area contributed by atoms with Gasteiger partial charge in [0.15, 0.2) is 6.10 Å². The van der Waals surface area contributed by atoms with Crippen LogP contribution in [0.5, 0.6) is 0 Å². The lowest BCUT2D eigenvalue weighted by Gasteiger charge is -2.28. The van der Waals surface area contributed by atoms with Crippen LogP contribution in [0.25, 0.3) is 5.57 Å². The highest BCUT2D eigenvalue weighted by Crippen LogP contribution is 2.41. The molecule has 3 heterocycles. The van der Waals surface area contributed by atoms with E-state index in [0.717, 1.165) is 11.1 Å². The average molecular weight is 449 g/mol. The number of fused-ring (bicyclic) bond motifs is 3. The van der Waals surface area contributed by atoms with Crippen LogP contribution in [-0.2, 0) is 20.7 Å². The van der Waals surface area contributed by atoms with Crippen molar-refractivity contribution >= 4 is 29.4 Å². The Kier molecular flexibility index (Phi) is 6.02. The molecule has 3 amide bonds. The number of aliphatic hydroxyl groups excluding tert-OH is 2. The fraction of sp³-hybridized carbons (Fsp3) is 0.476. The lowest BCUT2D eigenvalue weighted by atomic mass is 9.95. The Morgan fingerprint density at radius 2 is 2.19 bits per heavy atom. The van der Waals surface area contributed by atoms with Crippen LogP contribution >= 0.6 is 0 Å². The Labute approximate surface area is 183 Å². The molecule has 32 heavy (non-hydrogen) atoms. The van der Waals surface area contributed by atoms with Crippen LogP contribution in [-0.4, -0.2) is 84.8 Å². The molecule has 1 unspecified atom stereocenters. The number of nitrogens with zero attached hydrogens (tertiary/aromatic N) is 2. The zero-order valence-electron chi connectivity index (χ0n) is 17.4. The predicted octanol–water partition coefficient (Wildman–Crippen LogP) is 0.400. The largest absolute Gasteiger partial charge is 0.453 e. The molecule has 0 bridgehead atoms. The lowest BCUT2D eigenvalue weighted by Crippen LogP contribution is -2.42. The highest BCUT2D eigenvalue weighted by atomic mass is 19.1. The van der Waals surface area contributed by atoms with Crippen LogP contribution in [0.3, 0.4) is 0 Å². The van der Waals surface area contributed by atoms with E-state index in [1.807, 2.05) is 0 Å². The van der Waals surface area contributed by atoms with E-state index >= 15 is 4.39 Å². The van der Waals surface area contributed by atoms with Gasteiger partial charge in [-0.15, -0.1) is 0 Å². The average Bonchev–Trinajstić information content (AvgIpc) is 3.32. The molecule has 0 radical (unpaired) electrons. The molecule has 1 aromatic rings. The van der Waals surface area contributed by atoms with Crippen molar-refractivity contribution in [1.82, 2.24) is 10.2 Å². The molecule has 4 rings (SSSR count). The second-order valence-corrected chi connectivity index (χ2v) is 7.86. The van der Waals surface area contributed by atoms with Crippen molar-refractivity contribution in [1.29, 1.82) is 0 Å². The Hall–Kier alpha value is -3.18.